The topological polar surface area (TPSA) is 24.5 Å². The fraction of sp³-hybridized carbons (Fsp3) is 0.765. The van der Waals surface area contributed by atoms with Crippen LogP contribution in [0.25, 0.3) is 0 Å². The van der Waals surface area contributed by atoms with Gasteiger partial charge in [0.25, 0.3) is 0 Å². The number of fused-ring (bicyclic) bond motifs is 1. The van der Waals surface area contributed by atoms with Crippen molar-refractivity contribution in [1.82, 2.24) is 10.2 Å². The van der Waals surface area contributed by atoms with Gasteiger partial charge in [0, 0.05) is 31.1 Å². The third-order valence-electron chi connectivity index (χ3n) is 4.47. The van der Waals surface area contributed by atoms with Gasteiger partial charge >= 0.3 is 0 Å². The lowest BCUT2D eigenvalue weighted by atomic mass is 10.1. The van der Waals surface area contributed by atoms with Gasteiger partial charge < -0.3 is 10.1 Å². The first kappa shape index (κ1) is 15.5. The van der Waals surface area contributed by atoms with Crippen LogP contribution >= 0.6 is 11.3 Å². The molecule has 21 heavy (non-hydrogen) atoms. The van der Waals surface area contributed by atoms with Crippen LogP contribution in [0.2, 0.25) is 0 Å². The second kappa shape index (κ2) is 7.23. The van der Waals surface area contributed by atoms with Gasteiger partial charge in [0.05, 0.1) is 12.2 Å². The van der Waals surface area contributed by atoms with E-state index in [2.05, 4.69) is 35.5 Å². The van der Waals surface area contributed by atoms with E-state index >= 15 is 0 Å². The Morgan fingerprint density at radius 2 is 2.24 bits per heavy atom. The van der Waals surface area contributed by atoms with Crippen LogP contribution in [0.1, 0.15) is 37.1 Å². The maximum Gasteiger partial charge on any atom is 0.0707 e. The zero-order valence-corrected chi connectivity index (χ0v) is 14.1. The van der Waals surface area contributed by atoms with Crippen LogP contribution < -0.4 is 5.32 Å². The smallest absolute Gasteiger partial charge is 0.0707 e. The Hall–Kier alpha value is -0.420. The highest BCUT2D eigenvalue weighted by Crippen LogP contribution is 2.26. The highest BCUT2D eigenvalue weighted by atomic mass is 32.1. The highest BCUT2D eigenvalue weighted by Gasteiger charge is 2.28. The number of hydrogen-bond acceptors (Lipinski definition) is 4. The fourth-order valence-electron chi connectivity index (χ4n) is 3.35. The van der Waals surface area contributed by atoms with E-state index in [1.807, 2.05) is 11.3 Å². The highest BCUT2D eigenvalue weighted by molar-refractivity contribution is 7.10. The van der Waals surface area contributed by atoms with Gasteiger partial charge in [-0.25, -0.2) is 0 Å². The molecule has 0 aliphatic carbocycles. The maximum absolute atomic E-state index is 6.21. The summed E-state index contributed by atoms with van der Waals surface area (Å²) in [5.74, 6) is 0.718. The molecule has 1 N–H and O–H groups in total. The van der Waals surface area contributed by atoms with E-state index in [0.717, 1.165) is 32.1 Å². The molecule has 0 radical (unpaired) electrons. The molecule has 0 amide bonds. The lowest BCUT2D eigenvalue weighted by molar-refractivity contribution is 0.0207. The van der Waals surface area contributed by atoms with E-state index in [9.17, 15) is 0 Å². The molecule has 1 fully saturated rings. The van der Waals surface area contributed by atoms with Crippen molar-refractivity contribution < 1.29 is 4.74 Å². The standard InChI is InChI=1S/C17H28N2OS/c1-13(2)9-18-10-15-3-4-16(20-15)12-19-7-5-17-14(11-19)6-8-21-17/h6,8,13,15-16,18H,3-5,7,9-12H2,1-2H3. The molecule has 2 aliphatic rings. The van der Waals surface area contributed by atoms with Crippen LogP contribution in [0.5, 0.6) is 0 Å². The Labute approximate surface area is 132 Å². The first-order valence-corrected chi connectivity index (χ1v) is 9.22. The summed E-state index contributed by atoms with van der Waals surface area (Å²) in [4.78, 5) is 4.17. The molecule has 2 unspecified atom stereocenters. The summed E-state index contributed by atoms with van der Waals surface area (Å²) < 4.78 is 6.21. The molecule has 4 heteroatoms. The molecule has 118 valence electrons. The zero-order chi connectivity index (χ0) is 14.7. The van der Waals surface area contributed by atoms with Crippen molar-refractivity contribution in [2.45, 2.75) is 51.9 Å². The van der Waals surface area contributed by atoms with E-state index in [-0.39, 0.29) is 0 Å². The maximum atomic E-state index is 6.21. The quantitative estimate of drug-likeness (QED) is 0.874. The Morgan fingerprint density at radius 3 is 3.10 bits per heavy atom. The van der Waals surface area contributed by atoms with Crippen molar-refractivity contribution in [1.29, 1.82) is 0 Å². The van der Waals surface area contributed by atoms with E-state index in [1.54, 1.807) is 10.4 Å². The zero-order valence-electron chi connectivity index (χ0n) is 13.3. The van der Waals surface area contributed by atoms with Gasteiger partial charge in [-0.05, 0) is 48.7 Å². The predicted octanol–water partition coefficient (Wildman–Crippen LogP) is 2.90. The Bertz CT molecular complexity index is 446. The molecular weight excluding hydrogens is 280 g/mol. The number of ether oxygens (including phenoxy) is 1. The normalized spacial score (nSPS) is 26.4. The first-order valence-electron chi connectivity index (χ1n) is 8.34. The van der Waals surface area contributed by atoms with Crippen molar-refractivity contribution in [3.63, 3.8) is 0 Å². The van der Waals surface area contributed by atoms with Crippen LogP contribution in [0.3, 0.4) is 0 Å². The SMILES string of the molecule is CC(C)CNCC1CCC(CN2CCc3sccc3C2)O1. The average Bonchev–Trinajstić information content (AvgIpc) is 3.07. The van der Waals surface area contributed by atoms with E-state index in [1.165, 1.54) is 25.8 Å². The summed E-state index contributed by atoms with van der Waals surface area (Å²) in [5.41, 5.74) is 1.54. The molecule has 3 heterocycles. The second-order valence-electron chi connectivity index (χ2n) is 6.86. The largest absolute Gasteiger partial charge is 0.372 e. The molecule has 0 aromatic carbocycles. The van der Waals surface area contributed by atoms with Gasteiger partial charge in [0.1, 0.15) is 0 Å². The summed E-state index contributed by atoms with van der Waals surface area (Å²) in [5, 5.41) is 5.76. The van der Waals surface area contributed by atoms with Crippen LogP contribution in [-0.2, 0) is 17.7 Å². The minimum atomic E-state index is 0.426. The third-order valence-corrected chi connectivity index (χ3v) is 5.49. The molecule has 2 aliphatic heterocycles. The van der Waals surface area contributed by atoms with Crippen molar-refractivity contribution >= 4 is 11.3 Å². The lowest BCUT2D eigenvalue weighted by Crippen LogP contribution is -2.37. The molecule has 0 saturated carbocycles. The molecule has 1 saturated heterocycles. The number of thiophene rings is 1. The molecule has 2 atom stereocenters. The molecule has 0 bridgehead atoms. The Balaban J connectivity index is 1.39. The molecule has 1 aromatic heterocycles. The summed E-state index contributed by atoms with van der Waals surface area (Å²) >= 11 is 1.92. The van der Waals surface area contributed by atoms with Crippen molar-refractivity contribution in [2.75, 3.05) is 26.2 Å². The minimum Gasteiger partial charge on any atom is -0.372 e. The van der Waals surface area contributed by atoms with Gasteiger partial charge in [-0.15, -0.1) is 11.3 Å². The summed E-state index contributed by atoms with van der Waals surface area (Å²) in [6, 6.07) is 2.29. The van der Waals surface area contributed by atoms with Gasteiger partial charge in [-0.2, -0.15) is 0 Å². The molecule has 3 rings (SSSR count). The van der Waals surface area contributed by atoms with Gasteiger partial charge in [0.2, 0.25) is 0 Å². The van der Waals surface area contributed by atoms with Crippen LogP contribution in [0.15, 0.2) is 11.4 Å². The molecular formula is C17H28N2OS. The van der Waals surface area contributed by atoms with Gasteiger partial charge in [0.15, 0.2) is 0 Å². The van der Waals surface area contributed by atoms with Crippen LogP contribution in [0, 0.1) is 5.92 Å². The third kappa shape index (κ3) is 4.28. The first-order chi connectivity index (χ1) is 10.2. The number of nitrogens with zero attached hydrogens (tertiary/aromatic N) is 1. The summed E-state index contributed by atoms with van der Waals surface area (Å²) in [6.07, 6.45) is 4.53. The minimum absolute atomic E-state index is 0.426. The van der Waals surface area contributed by atoms with Gasteiger partial charge in [-0.3, -0.25) is 4.90 Å². The van der Waals surface area contributed by atoms with Crippen LogP contribution in [-0.4, -0.2) is 43.3 Å². The number of nitrogens with one attached hydrogen (secondary N) is 1. The number of hydrogen-bond donors (Lipinski definition) is 1. The van der Waals surface area contributed by atoms with E-state index < -0.39 is 0 Å². The average molecular weight is 308 g/mol. The Morgan fingerprint density at radius 1 is 1.38 bits per heavy atom. The lowest BCUT2D eigenvalue weighted by Gasteiger charge is -2.29. The van der Waals surface area contributed by atoms with Crippen molar-refractivity contribution in [3.05, 3.63) is 21.9 Å². The molecule has 3 nitrogen and oxygen atoms in total. The molecule has 0 spiro atoms. The Kier molecular flexibility index (Phi) is 5.33. The molecule has 1 aromatic rings. The van der Waals surface area contributed by atoms with Crippen LogP contribution in [0.4, 0.5) is 0 Å². The number of rotatable bonds is 6. The second-order valence-corrected chi connectivity index (χ2v) is 7.86. The van der Waals surface area contributed by atoms with Gasteiger partial charge in [-0.1, -0.05) is 13.8 Å². The van der Waals surface area contributed by atoms with E-state index in [0.29, 0.717) is 12.2 Å². The summed E-state index contributed by atoms with van der Waals surface area (Å²) in [6.45, 7) is 10.0. The van der Waals surface area contributed by atoms with Crippen molar-refractivity contribution in [3.8, 4) is 0 Å². The predicted molar refractivity (Wildman–Crippen MR) is 88.9 cm³/mol. The monoisotopic (exact) mass is 308 g/mol. The fourth-order valence-corrected chi connectivity index (χ4v) is 4.24. The van der Waals surface area contributed by atoms with E-state index in [4.69, 9.17) is 4.74 Å². The van der Waals surface area contributed by atoms with Crippen molar-refractivity contribution in [2.24, 2.45) is 5.92 Å². The summed E-state index contributed by atoms with van der Waals surface area (Å²) in [7, 11) is 0.